The first-order valence-electron chi connectivity index (χ1n) is 8.77. The van der Waals surface area contributed by atoms with E-state index in [1.54, 1.807) is 7.11 Å². The summed E-state index contributed by atoms with van der Waals surface area (Å²) in [4.78, 5) is 12.7. The average molecular weight is 316 g/mol. The van der Waals surface area contributed by atoms with Gasteiger partial charge in [-0.3, -0.25) is 4.79 Å². The predicted molar refractivity (Wildman–Crippen MR) is 92.0 cm³/mol. The highest BCUT2D eigenvalue weighted by molar-refractivity contribution is 5.92. The molecule has 2 fully saturated rings. The molecular formula is C19H28N2O2. The van der Waals surface area contributed by atoms with E-state index in [2.05, 4.69) is 5.32 Å². The van der Waals surface area contributed by atoms with Crippen molar-refractivity contribution in [2.24, 2.45) is 23.5 Å². The highest BCUT2D eigenvalue weighted by Crippen LogP contribution is 2.42. The van der Waals surface area contributed by atoms with Crippen molar-refractivity contribution in [3.63, 3.8) is 0 Å². The number of anilines is 1. The largest absolute Gasteiger partial charge is 0.377 e. The molecule has 1 aromatic rings. The van der Waals surface area contributed by atoms with Gasteiger partial charge in [-0.05, 0) is 62.1 Å². The first-order chi connectivity index (χ1) is 11.1. The molecule has 2 saturated carbocycles. The number of hydrogen-bond acceptors (Lipinski definition) is 3. The molecule has 23 heavy (non-hydrogen) atoms. The van der Waals surface area contributed by atoms with E-state index in [1.807, 2.05) is 31.2 Å². The lowest BCUT2D eigenvalue weighted by molar-refractivity contribution is -0.122. The van der Waals surface area contributed by atoms with E-state index in [9.17, 15) is 4.79 Å². The van der Waals surface area contributed by atoms with E-state index >= 15 is 0 Å². The number of nitrogens with one attached hydrogen (secondary N) is 1. The van der Waals surface area contributed by atoms with Crippen LogP contribution in [-0.4, -0.2) is 19.1 Å². The molecule has 0 aromatic heterocycles. The number of rotatable bonds is 4. The smallest absolute Gasteiger partial charge is 0.227 e. The van der Waals surface area contributed by atoms with Crippen LogP contribution < -0.4 is 11.1 Å². The molecule has 2 bridgehead atoms. The molecule has 0 radical (unpaired) electrons. The lowest BCUT2D eigenvalue weighted by atomic mass is 9.65. The fraction of sp³-hybridized carbons (Fsp3) is 0.632. The van der Waals surface area contributed by atoms with E-state index in [0.717, 1.165) is 24.1 Å². The van der Waals surface area contributed by atoms with Crippen molar-refractivity contribution in [2.75, 3.05) is 12.4 Å². The zero-order chi connectivity index (χ0) is 16.4. The molecular weight excluding hydrogens is 288 g/mol. The van der Waals surface area contributed by atoms with E-state index in [1.165, 1.54) is 19.3 Å². The van der Waals surface area contributed by atoms with Crippen LogP contribution in [-0.2, 0) is 9.53 Å². The third-order valence-corrected chi connectivity index (χ3v) is 5.76. The monoisotopic (exact) mass is 316 g/mol. The van der Waals surface area contributed by atoms with Gasteiger partial charge in [0.05, 0.1) is 6.10 Å². The van der Waals surface area contributed by atoms with Gasteiger partial charge in [0, 0.05) is 24.8 Å². The minimum Gasteiger partial charge on any atom is -0.377 e. The molecule has 1 amide bonds. The summed E-state index contributed by atoms with van der Waals surface area (Å²) < 4.78 is 5.35. The Labute approximate surface area is 138 Å². The van der Waals surface area contributed by atoms with Crippen LogP contribution in [0.2, 0.25) is 0 Å². The molecule has 3 rings (SSSR count). The standard InChI is InChI=1S/C19H28N2O2/c1-12(23-2)13-5-4-8-17(11-13)21-19(22)16-9-14-6-3-7-15(10-16)18(14)20/h4-5,8,11-12,14-16,18H,3,6-7,9-10,20H2,1-2H3,(H,21,22). The summed E-state index contributed by atoms with van der Waals surface area (Å²) in [6.07, 6.45) is 5.55. The number of carbonyl (C=O) groups excluding carboxylic acids is 1. The van der Waals surface area contributed by atoms with Crippen molar-refractivity contribution < 1.29 is 9.53 Å². The van der Waals surface area contributed by atoms with Gasteiger partial charge < -0.3 is 15.8 Å². The summed E-state index contributed by atoms with van der Waals surface area (Å²) in [5, 5.41) is 3.10. The van der Waals surface area contributed by atoms with Crippen molar-refractivity contribution in [1.29, 1.82) is 0 Å². The van der Waals surface area contributed by atoms with Gasteiger partial charge in [0.25, 0.3) is 0 Å². The van der Waals surface area contributed by atoms with Crippen molar-refractivity contribution in [2.45, 2.75) is 51.2 Å². The minimum atomic E-state index is 0.0267. The summed E-state index contributed by atoms with van der Waals surface area (Å²) in [7, 11) is 1.69. The molecule has 0 heterocycles. The van der Waals surface area contributed by atoms with Crippen LogP contribution in [0.5, 0.6) is 0 Å². The molecule has 2 aliphatic carbocycles. The maximum Gasteiger partial charge on any atom is 0.227 e. The Morgan fingerprint density at radius 1 is 1.30 bits per heavy atom. The van der Waals surface area contributed by atoms with Gasteiger partial charge in [0.15, 0.2) is 0 Å². The molecule has 1 aromatic carbocycles. The molecule has 4 heteroatoms. The predicted octanol–water partition coefficient (Wildman–Crippen LogP) is 3.49. The molecule has 126 valence electrons. The SMILES string of the molecule is COC(C)c1cccc(NC(=O)C2CC3CCCC(C2)C3N)c1. The maximum atomic E-state index is 12.7. The molecule has 0 aliphatic heterocycles. The van der Waals surface area contributed by atoms with Gasteiger partial charge in [0.1, 0.15) is 0 Å². The molecule has 3 N–H and O–H groups in total. The van der Waals surface area contributed by atoms with Crippen LogP contribution in [0.15, 0.2) is 24.3 Å². The summed E-state index contributed by atoms with van der Waals surface area (Å²) in [5.41, 5.74) is 8.26. The fourth-order valence-electron chi connectivity index (χ4n) is 4.25. The normalized spacial score (nSPS) is 31.4. The summed E-state index contributed by atoms with van der Waals surface area (Å²) in [5.74, 6) is 1.31. The number of amides is 1. The quantitative estimate of drug-likeness (QED) is 0.893. The maximum absolute atomic E-state index is 12.7. The van der Waals surface area contributed by atoms with Gasteiger partial charge in [-0.1, -0.05) is 18.6 Å². The van der Waals surface area contributed by atoms with E-state index in [4.69, 9.17) is 10.5 Å². The molecule has 0 saturated heterocycles. The van der Waals surface area contributed by atoms with E-state index in [-0.39, 0.29) is 17.9 Å². The van der Waals surface area contributed by atoms with Crippen LogP contribution in [0.4, 0.5) is 5.69 Å². The molecule has 3 atom stereocenters. The first kappa shape index (κ1) is 16.5. The van der Waals surface area contributed by atoms with Crippen molar-refractivity contribution in [1.82, 2.24) is 0 Å². The Kier molecular flexibility index (Phi) is 5.02. The molecule has 0 spiro atoms. The second-order valence-electron chi connectivity index (χ2n) is 7.19. The van der Waals surface area contributed by atoms with Crippen molar-refractivity contribution in [3.05, 3.63) is 29.8 Å². The van der Waals surface area contributed by atoms with Crippen LogP contribution >= 0.6 is 0 Å². The van der Waals surface area contributed by atoms with Gasteiger partial charge >= 0.3 is 0 Å². The topological polar surface area (TPSA) is 64.3 Å². The highest BCUT2D eigenvalue weighted by Gasteiger charge is 2.40. The van der Waals surface area contributed by atoms with Crippen molar-refractivity contribution in [3.8, 4) is 0 Å². The first-order valence-corrected chi connectivity index (χ1v) is 8.77. The molecule has 2 aliphatic rings. The highest BCUT2D eigenvalue weighted by atomic mass is 16.5. The van der Waals surface area contributed by atoms with Crippen LogP contribution in [0.25, 0.3) is 0 Å². The number of methoxy groups -OCH3 is 1. The zero-order valence-corrected chi connectivity index (χ0v) is 14.1. The zero-order valence-electron chi connectivity index (χ0n) is 14.1. The number of fused-ring (bicyclic) bond motifs is 2. The molecule has 3 unspecified atom stereocenters. The molecule has 4 nitrogen and oxygen atoms in total. The fourth-order valence-corrected chi connectivity index (χ4v) is 4.25. The lowest BCUT2D eigenvalue weighted by Gasteiger charge is -2.43. The summed E-state index contributed by atoms with van der Waals surface area (Å²) in [6, 6.07) is 8.24. The summed E-state index contributed by atoms with van der Waals surface area (Å²) >= 11 is 0. The van der Waals surface area contributed by atoms with Crippen LogP contribution in [0.3, 0.4) is 0 Å². The van der Waals surface area contributed by atoms with Crippen LogP contribution in [0.1, 0.15) is 50.7 Å². The number of benzene rings is 1. The number of carbonyl (C=O) groups is 1. The van der Waals surface area contributed by atoms with E-state index in [0.29, 0.717) is 17.9 Å². The second kappa shape index (κ2) is 7.02. The van der Waals surface area contributed by atoms with Gasteiger partial charge in [-0.15, -0.1) is 0 Å². The Morgan fingerprint density at radius 2 is 2.00 bits per heavy atom. The number of hydrogen-bond donors (Lipinski definition) is 2. The lowest BCUT2D eigenvalue weighted by Crippen LogP contribution is -2.48. The third-order valence-electron chi connectivity index (χ3n) is 5.76. The van der Waals surface area contributed by atoms with Crippen molar-refractivity contribution >= 4 is 11.6 Å². The number of ether oxygens (including phenoxy) is 1. The summed E-state index contributed by atoms with van der Waals surface area (Å²) in [6.45, 7) is 2.00. The minimum absolute atomic E-state index is 0.0267. The number of nitrogens with two attached hydrogens (primary N) is 1. The third kappa shape index (κ3) is 3.59. The van der Waals surface area contributed by atoms with Gasteiger partial charge in [0.2, 0.25) is 5.91 Å². The average Bonchev–Trinajstić information content (AvgIpc) is 2.54. The Balaban J connectivity index is 1.65. The van der Waals surface area contributed by atoms with Gasteiger partial charge in [-0.2, -0.15) is 0 Å². The Bertz CT molecular complexity index is 546. The van der Waals surface area contributed by atoms with Crippen LogP contribution in [0, 0.1) is 17.8 Å². The Morgan fingerprint density at radius 3 is 2.65 bits per heavy atom. The second-order valence-corrected chi connectivity index (χ2v) is 7.19. The van der Waals surface area contributed by atoms with E-state index < -0.39 is 0 Å². The van der Waals surface area contributed by atoms with Gasteiger partial charge in [-0.25, -0.2) is 0 Å². The Hall–Kier alpha value is -1.39.